The zero-order chi connectivity index (χ0) is 29.1. The van der Waals surface area contributed by atoms with Crippen LogP contribution >= 0.6 is 0 Å². The third-order valence-corrected chi connectivity index (χ3v) is 6.49. The molecular weight excluding hydrogens is 516 g/mol. The fourth-order valence-corrected chi connectivity index (χ4v) is 4.37. The van der Waals surface area contributed by atoms with E-state index >= 15 is 0 Å². The van der Waals surface area contributed by atoms with Crippen LogP contribution in [-0.4, -0.2) is 92.6 Å². The first-order valence-corrected chi connectivity index (χ1v) is 12.6. The van der Waals surface area contributed by atoms with E-state index in [1.165, 1.54) is 25.0 Å². The third-order valence-electron chi connectivity index (χ3n) is 6.49. The Kier molecular flexibility index (Phi) is 12.1. The summed E-state index contributed by atoms with van der Waals surface area (Å²) in [6, 6.07) is 2.62. The number of benzene rings is 1. The quantitative estimate of drug-likeness (QED) is 0.103. The number of aliphatic carboxylic acids is 2. The van der Waals surface area contributed by atoms with E-state index in [4.69, 9.17) is 30.9 Å². The predicted octanol–water partition coefficient (Wildman–Crippen LogP) is 1.00. The summed E-state index contributed by atoms with van der Waals surface area (Å²) in [5.41, 5.74) is 5.60. The summed E-state index contributed by atoms with van der Waals surface area (Å²) in [6.07, 6.45) is 5.34. The van der Waals surface area contributed by atoms with Gasteiger partial charge in [-0.1, -0.05) is 12.2 Å². The Morgan fingerprint density at radius 1 is 1.13 bits per heavy atom. The Hall–Kier alpha value is -3.75. The van der Waals surface area contributed by atoms with E-state index in [1.54, 1.807) is 6.92 Å². The summed E-state index contributed by atoms with van der Waals surface area (Å²) in [4.78, 5) is 45.5. The summed E-state index contributed by atoms with van der Waals surface area (Å²) in [5, 5.41) is 46.7. The number of aliphatic hydroxyl groups excluding tert-OH is 2. The summed E-state index contributed by atoms with van der Waals surface area (Å²) >= 11 is 0. The van der Waals surface area contributed by atoms with Crippen molar-refractivity contribution in [2.24, 2.45) is 5.92 Å². The molecular formula is C25H36N4O10. The van der Waals surface area contributed by atoms with Gasteiger partial charge in [0.1, 0.15) is 11.4 Å². The second kappa shape index (κ2) is 15.0. The molecule has 1 fully saturated rings. The topological polar surface area (TPSA) is 226 Å². The molecule has 1 aromatic rings. The van der Waals surface area contributed by atoms with Crippen LogP contribution in [0.25, 0.3) is 0 Å². The van der Waals surface area contributed by atoms with Gasteiger partial charge >= 0.3 is 11.9 Å². The number of likely N-dealkylation sites (tertiary alicyclic amines) is 1. The minimum Gasteiger partial charge on any atom is -0.493 e. The number of carbonyl (C=O) groups excluding carboxylic acids is 1. The van der Waals surface area contributed by atoms with Gasteiger partial charge in [0.25, 0.3) is 11.6 Å². The number of carbonyl (C=O) groups is 3. The van der Waals surface area contributed by atoms with Crippen LogP contribution in [0.2, 0.25) is 0 Å². The number of ether oxygens (including phenoxy) is 1. The molecule has 39 heavy (non-hydrogen) atoms. The highest BCUT2D eigenvalue weighted by Gasteiger charge is 2.29. The number of carboxylic acid groups (broad SMARTS) is 2. The minimum atomic E-state index is -2.27. The average molecular weight is 553 g/mol. The van der Waals surface area contributed by atoms with E-state index in [0.29, 0.717) is 6.61 Å². The highest BCUT2D eigenvalue weighted by molar-refractivity contribution is 5.98. The number of nitrogen functional groups attached to an aromatic ring is 1. The van der Waals surface area contributed by atoms with Crippen molar-refractivity contribution < 1.29 is 44.5 Å². The maximum absolute atomic E-state index is 12.8. The molecule has 0 aromatic heterocycles. The molecule has 3 atom stereocenters. The molecule has 1 aliphatic carbocycles. The molecule has 3 rings (SSSR count). The number of carboxylic acids is 2. The van der Waals surface area contributed by atoms with Gasteiger partial charge in [-0.3, -0.25) is 14.9 Å². The normalized spacial score (nSPS) is 19.2. The number of nitrogens with zero attached hydrogens (tertiary/aromatic N) is 2. The lowest BCUT2D eigenvalue weighted by molar-refractivity contribution is -0.383. The van der Waals surface area contributed by atoms with Crippen molar-refractivity contribution in [1.29, 1.82) is 0 Å². The molecule has 0 bridgehead atoms. The largest absolute Gasteiger partial charge is 0.493 e. The van der Waals surface area contributed by atoms with E-state index in [1.807, 2.05) is 0 Å². The van der Waals surface area contributed by atoms with Crippen LogP contribution in [0.15, 0.2) is 24.3 Å². The Labute approximate surface area is 225 Å². The number of anilines is 1. The highest BCUT2D eigenvalue weighted by Crippen LogP contribution is 2.31. The van der Waals surface area contributed by atoms with Crippen LogP contribution in [0.3, 0.4) is 0 Å². The summed E-state index contributed by atoms with van der Waals surface area (Å²) in [7, 11) is 0. The number of amides is 1. The first-order chi connectivity index (χ1) is 18.4. The van der Waals surface area contributed by atoms with E-state index in [-0.39, 0.29) is 34.6 Å². The zero-order valence-electron chi connectivity index (χ0n) is 21.7. The molecule has 0 spiro atoms. The fraction of sp³-hybridized carbons (Fsp3) is 0.560. The van der Waals surface area contributed by atoms with E-state index in [9.17, 15) is 24.5 Å². The molecule has 1 unspecified atom stereocenters. The Morgan fingerprint density at radius 3 is 2.23 bits per heavy atom. The second-order valence-electron chi connectivity index (χ2n) is 9.36. The van der Waals surface area contributed by atoms with Crippen molar-refractivity contribution in [3.05, 3.63) is 40.0 Å². The van der Waals surface area contributed by atoms with Crippen molar-refractivity contribution in [3.8, 4) is 5.75 Å². The number of hydrogen-bond acceptors (Lipinski definition) is 10. The van der Waals surface area contributed by atoms with Crippen molar-refractivity contribution >= 4 is 29.2 Å². The Balaban J connectivity index is 0.000000455. The van der Waals surface area contributed by atoms with Gasteiger partial charge in [-0.05, 0) is 44.9 Å². The zero-order valence-corrected chi connectivity index (χ0v) is 21.7. The van der Waals surface area contributed by atoms with Crippen molar-refractivity contribution in [2.75, 3.05) is 32.0 Å². The lowest BCUT2D eigenvalue weighted by atomic mass is 9.93. The fourth-order valence-electron chi connectivity index (χ4n) is 4.37. The number of nitrogens with two attached hydrogens (primary N) is 1. The second-order valence-corrected chi connectivity index (χ2v) is 9.36. The molecule has 7 N–H and O–H groups in total. The van der Waals surface area contributed by atoms with Crippen molar-refractivity contribution in [1.82, 2.24) is 10.2 Å². The van der Waals surface area contributed by atoms with Crippen LogP contribution in [0.1, 0.15) is 49.4 Å². The molecule has 14 nitrogen and oxygen atoms in total. The van der Waals surface area contributed by atoms with Gasteiger partial charge in [-0.2, -0.15) is 0 Å². The van der Waals surface area contributed by atoms with Gasteiger partial charge < -0.3 is 41.1 Å². The summed E-state index contributed by atoms with van der Waals surface area (Å²) in [5.74, 6) is -2.89. The van der Waals surface area contributed by atoms with Gasteiger partial charge in [-0.15, -0.1) is 0 Å². The average Bonchev–Trinajstić information content (AvgIpc) is 2.89. The van der Waals surface area contributed by atoms with Crippen LogP contribution in [0.5, 0.6) is 5.75 Å². The van der Waals surface area contributed by atoms with Gasteiger partial charge in [-0.25, -0.2) is 9.59 Å². The lowest BCUT2D eigenvalue weighted by Crippen LogP contribution is -2.45. The first-order valence-electron chi connectivity index (χ1n) is 12.6. The third kappa shape index (κ3) is 9.50. The molecule has 14 heteroatoms. The predicted molar refractivity (Wildman–Crippen MR) is 139 cm³/mol. The monoisotopic (exact) mass is 552 g/mol. The van der Waals surface area contributed by atoms with Gasteiger partial charge in [0, 0.05) is 37.8 Å². The number of hydrogen-bond donors (Lipinski definition) is 6. The van der Waals surface area contributed by atoms with Crippen molar-refractivity contribution in [2.45, 2.75) is 57.3 Å². The molecule has 1 aromatic carbocycles. The number of nitrogens with one attached hydrogen (secondary N) is 1. The standard InChI is InChI=1S/C21H30N4O4.C4H6O6/c1-2-29-20-13-18(22)19(25(27)28)12-17(20)21(26)23-16-8-10-24(11-9-16)14-15-6-4-3-5-7-15;5-1(3(7)8)2(6)4(9)10/h3-4,12-13,15-16H,2,5-11,14,22H2,1H3,(H,23,26);1-2,5-6H,(H,7,8)(H,9,10)/t;1-,2-/m.1/s1. The van der Waals surface area contributed by atoms with Crippen LogP contribution < -0.4 is 15.8 Å². The summed E-state index contributed by atoms with van der Waals surface area (Å²) < 4.78 is 5.49. The Morgan fingerprint density at radius 2 is 1.74 bits per heavy atom. The van der Waals surface area contributed by atoms with Crippen LogP contribution in [-0.2, 0) is 9.59 Å². The number of allylic oxidation sites excluding steroid dienone is 2. The molecule has 0 radical (unpaired) electrons. The van der Waals surface area contributed by atoms with Crippen LogP contribution in [0, 0.1) is 16.0 Å². The van der Waals surface area contributed by atoms with Gasteiger partial charge in [0.15, 0.2) is 12.2 Å². The van der Waals surface area contributed by atoms with E-state index < -0.39 is 29.1 Å². The molecule has 1 heterocycles. The minimum absolute atomic E-state index is 0.0131. The molecule has 0 saturated carbocycles. The highest BCUT2D eigenvalue weighted by atomic mass is 16.6. The smallest absolute Gasteiger partial charge is 0.335 e. The number of rotatable bonds is 10. The number of aliphatic hydroxyl groups is 2. The van der Waals surface area contributed by atoms with Gasteiger partial charge in [0.05, 0.1) is 17.1 Å². The molecule has 216 valence electrons. The number of piperidine rings is 1. The SMILES string of the molecule is CCOc1cc(N)c([N+](=O)[O-])cc1C(=O)NC1CCN(CC2CC=CCC2)CC1.O=C(O)[C@H](O)[C@@H](O)C(=O)O. The molecule has 1 amide bonds. The van der Waals surface area contributed by atoms with E-state index in [2.05, 4.69) is 22.4 Å². The maximum atomic E-state index is 12.8. The maximum Gasteiger partial charge on any atom is 0.335 e. The molecule has 2 aliphatic rings. The first kappa shape index (κ1) is 31.5. The number of nitro groups is 1. The van der Waals surface area contributed by atoms with Crippen molar-refractivity contribution in [3.63, 3.8) is 0 Å². The molecule has 1 aliphatic heterocycles. The Bertz CT molecular complexity index is 1040. The summed E-state index contributed by atoms with van der Waals surface area (Å²) in [6.45, 7) is 5.14. The number of nitro benzene ring substituents is 1. The van der Waals surface area contributed by atoms with Crippen LogP contribution in [0.4, 0.5) is 11.4 Å². The lowest BCUT2D eigenvalue weighted by Gasteiger charge is -2.35. The molecule has 1 saturated heterocycles. The van der Waals surface area contributed by atoms with E-state index in [0.717, 1.165) is 44.8 Å². The van der Waals surface area contributed by atoms with Gasteiger partial charge in [0.2, 0.25) is 0 Å².